The highest BCUT2D eigenvalue weighted by Gasteiger charge is 2.53. The van der Waals surface area contributed by atoms with E-state index >= 15 is 0 Å². The SMILES string of the molecule is CCCCCCCCCCCCCCCCCCC/C=C/CC/C=C/C(O)C(COC1OC(CO)C(OC2OC(CO)C(OC3OC(CO)C(O)C(O)C3O)C(O)C2O)C(O)C1O)NC(=O)CCCCCC. The molecule has 1 amide bonds. The van der Waals surface area contributed by atoms with Crippen LogP contribution in [0.5, 0.6) is 0 Å². The van der Waals surface area contributed by atoms with Gasteiger partial charge in [0.05, 0.1) is 38.6 Å². The maximum absolute atomic E-state index is 13.0. The summed E-state index contributed by atoms with van der Waals surface area (Å²) in [6.45, 7) is 1.54. The summed E-state index contributed by atoms with van der Waals surface area (Å²) < 4.78 is 34.0. The van der Waals surface area contributed by atoms with Gasteiger partial charge in [-0.1, -0.05) is 160 Å². The summed E-state index contributed by atoms with van der Waals surface area (Å²) in [5, 5.41) is 119. The molecule has 19 nitrogen and oxygen atoms in total. The van der Waals surface area contributed by atoms with Gasteiger partial charge in [-0.15, -0.1) is 0 Å². The number of unbranched alkanes of at least 4 members (excludes halogenated alkanes) is 21. The van der Waals surface area contributed by atoms with E-state index in [4.69, 9.17) is 28.4 Å². The molecule has 3 rings (SSSR count). The van der Waals surface area contributed by atoms with Gasteiger partial charge in [-0.3, -0.25) is 4.79 Å². The molecule has 17 atom stereocenters. The minimum Gasteiger partial charge on any atom is -0.394 e. The van der Waals surface area contributed by atoms with Gasteiger partial charge in [0.1, 0.15) is 73.2 Å². The number of carbonyl (C=O) groups is 1. The molecule has 3 aliphatic heterocycles. The summed E-state index contributed by atoms with van der Waals surface area (Å²) in [5.41, 5.74) is 0. The summed E-state index contributed by atoms with van der Waals surface area (Å²) in [6, 6.07) is -0.981. The fraction of sp³-hybridized carbons (Fsp3) is 0.906. The topological polar surface area (TPSA) is 307 Å². The highest BCUT2D eigenvalue weighted by molar-refractivity contribution is 5.76. The molecule has 72 heavy (non-hydrogen) atoms. The van der Waals surface area contributed by atoms with Crippen molar-refractivity contribution >= 4 is 5.91 Å². The second-order valence-electron chi connectivity index (χ2n) is 20.0. The molecule has 3 fully saturated rings. The number of nitrogens with one attached hydrogen (secondary N) is 1. The molecule has 0 aliphatic carbocycles. The van der Waals surface area contributed by atoms with E-state index in [1.54, 1.807) is 6.08 Å². The van der Waals surface area contributed by atoms with Crippen molar-refractivity contribution in [3.8, 4) is 0 Å². The maximum atomic E-state index is 13.0. The van der Waals surface area contributed by atoms with Gasteiger partial charge in [0, 0.05) is 6.42 Å². The summed E-state index contributed by atoms with van der Waals surface area (Å²) >= 11 is 0. The van der Waals surface area contributed by atoms with Crippen molar-refractivity contribution in [2.24, 2.45) is 0 Å². The minimum absolute atomic E-state index is 0.228. The van der Waals surface area contributed by atoms with Crippen LogP contribution >= 0.6 is 0 Å². The zero-order chi connectivity index (χ0) is 52.7. The van der Waals surface area contributed by atoms with Crippen LogP contribution in [-0.4, -0.2) is 193 Å². The monoisotopic (exact) mass is 1040 g/mol. The molecule has 0 radical (unpaired) electrons. The van der Waals surface area contributed by atoms with Gasteiger partial charge in [0.15, 0.2) is 18.9 Å². The zero-order valence-electron chi connectivity index (χ0n) is 43.4. The van der Waals surface area contributed by atoms with E-state index in [9.17, 15) is 61.0 Å². The van der Waals surface area contributed by atoms with Crippen LogP contribution in [0.3, 0.4) is 0 Å². The molecule has 0 bridgehead atoms. The number of ether oxygens (including phenoxy) is 6. The van der Waals surface area contributed by atoms with Crippen LogP contribution in [0, 0.1) is 0 Å². The Morgan fingerprint density at radius 2 is 0.889 bits per heavy atom. The molecule has 3 heterocycles. The Morgan fingerprint density at radius 1 is 0.486 bits per heavy atom. The van der Waals surface area contributed by atoms with Crippen molar-refractivity contribution in [1.29, 1.82) is 0 Å². The fourth-order valence-corrected chi connectivity index (χ4v) is 9.38. The van der Waals surface area contributed by atoms with E-state index in [1.165, 1.54) is 103 Å². The summed E-state index contributed by atoms with van der Waals surface area (Å²) in [7, 11) is 0. The van der Waals surface area contributed by atoms with E-state index < -0.39 is 124 Å². The molecule has 0 spiro atoms. The van der Waals surface area contributed by atoms with Crippen LogP contribution in [0.4, 0.5) is 0 Å². The number of hydrogen-bond donors (Lipinski definition) is 12. The number of allylic oxidation sites excluding steroid dienone is 3. The average Bonchev–Trinajstić information content (AvgIpc) is 3.38. The summed E-state index contributed by atoms with van der Waals surface area (Å²) in [6.07, 6.45) is 9.92. The first kappa shape index (κ1) is 64.6. The number of carbonyl (C=O) groups excluding carboxylic acids is 1. The third kappa shape index (κ3) is 22.9. The van der Waals surface area contributed by atoms with Crippen LogP contribution in [-0.2, 0) is 33.2 Å². The van der Waals surface area contributed by atoms with Crippen LogP contribution in [0.2, 0.25) is 0 Å². The highest BCUT2D eigenvalue weighted by atomic mass is 16.8. The van der Waals surface area contributed by atoms with Crippen LogP contribution in [0.15, 0.2) is 24.3 Å². The standard InChI is InChI=1S/C53H97NO18/c1-3-5-7-9-10-11-12-13-14-15-16-17-18-19-20-21-22-23-24-25-26-27-28-30-37(58)36(54-41(59)31-29-8-6-4-2)35-67-51-47(65)44(62)49(39(33-56)69-51)72-53-48(66)45(63)50(40(34-57)70-53)71-52-46(64)43(61)42(60)38(32-55)68-52/h24-25,28,30,36-40,42-53,55-58,60-66H,3-23,26-27,29,31-35H2,1-2H3,(H,54,59)/b25-24+,30-28+. The minimum atomic E-state index is -1.98. The quantitative estimate of drug-likeness (QED) is 0.0311. The van der Waals surface area contributed by atoms with Crippen molar-refractivity contribution in [1.82, 2.24) is 5.32 Å². The third-order valence-electron chi connectivity index (χ3n) is 14.0. The first-order chi connectivity index (χ1) is 34.8. The molecule has 19 heteroatoms. The molecule has 3 aliphatic rings. The lowest BCUT2D eigenvalue weighted by molar-refractivity contribution is -0.379. The molecule has 0 saturated carbocycles. The third-order valence-corrected chi connectivity index (χ3v) is 14.0. The van der Waals surface area contributed by atoms with Gasteiger partial charge in [-0.25, -0.2) is 0 Å². The predicted octanol–water partition coefficient (Wildman–Crippen LogP) is 3.20. The van der Waals surface area contributed by atoms with Crippen molar-refractivity contribution in [2.75, 3.05) is 26.4 Å². The maximum Gasteiger partial charge on any atom is 0.220 e. The van der Waals surface area contributed by atoms with E-state index in [0.29, 0.717) is 12.8 Å². The Labute approximate surface area is 428 Å². The Balaban J connectivity index is 1.44. The van der Waals surface area contributed by atoms with E-state index in [-0.39, 0.29) is 18.9 Å². The van der Waals surface area contributed by atoms with Gasteiger partial charge in [-0.2, -0.15) is 0 Å². The van der Waals surface area contributed by atoms with Crippen molar-refractivity contribution in [2.45, 2.75) is 279 Å². The Bertz CT molecular complexity index is 1430. The van der Waals surface area contributed by atoms with E-state index in [0.717, 1.165) is 38.5 Å². The van der Waals surface area contributed by atoms with Crippen molar-refractivity contribution in [3.05, 3.63) is 24.3 Å². The number of hydrogen-bond acceptors (Lipinski definition) is 18. The molecular formula is C53H97NO18. The predicted molar refractivity (Wildman–Crippen MR) is 268 cm³/mol. The lowest BCUT2D eigenvalue weighted by Crippen LogP contribution is -2.66. The Kier molecular flexibility index (Phi) is 34.0. The molecule has 422 valence electrons. The van der Waals surface area contributed by atoms with Gasteiger partial charge < -0.3 is 89.9 Å². The molecule has 0 aromatic carbocycles. The number of rotatable bonds is 39. The van der Waals surface area contributed by atoms with Gasteiger partial charge in [0.2, 0.25) is 5.91 Å². The number of aliphatic hydroxyl groups is 11. The smallest absolute Gasteiger partial charge is 0.220 e. The van der Waals surface area contributed by atoms with E-state index in [2.05, 4.69) is 31.3 Å². The molecular weight excluding hydrogens is 939 g/mol. The number of aliphatic hydroxyl groups excluding tert-OH is 11. The second-order valence-corrected chi connectivity index (χ2v) is 20.0. The van der Waals surface area contributed by atoms with Crippen molar-refractivity contribution in [3.63, 3.8) is 0 Å². The van der Waals surface area contributed by atoms with Gasteiger partial charge >= 0.3 is 0 Å². The normalized spacial score (nSPS) is 32.2. The average molecular weight is 1040 g/mol. The number of amides is 1. The molecule has 0 aromatic rings. The van der Waals surface area contributed by atoms with Crippen LogP contribution in [0.1, 0.15) is 174 Å². The fourth-order valence-electron chi connectivity index (χ4n) is 9.38. The molecule has 17 unspecified atom stereocenters. The summed E-state index contributed by atoms with van der Waals surface area (Å²) in [5.74, 6) is -0.304. The summed E-state index contributed by atoms with van der Waals surface area (Å²) in [4.78, 5) is 13.0. The lowest BCUT2D eigenvalue weighted by atomic mass is 9.96. The second kappa shape index (κ2) is 37.9. The first-order valence-electron chi connectivity index (χ1n) is 27.6. The Morgan fingerprint density at radius 3 is 1.39 bits per heavy atom. The molecule has 12 N–H and O–H groups in total. The molecule has 0 aromatic heterocycles. The zero-order valence-corrected chi connectivity index (χ0v) is 43.4. The van der Waals surface area contributed by atoms with Crippen LogP contribution < -0.4 is 5.32 Å². The van der Waals surface area contributed by atoms with Crippen LogP contribution in [0.25, 0.3) is 0 Å². The largest absolute Gasteiger partial charge is 0.394 e. The van der Waals surface area contributed by atoms with Crippen molar-refractivity contribution < 1.29 is 89.4 Å². The first-order valence-corrected chi connectivity index (χ1v) is 27.6. The molecule has 3 saturated heterocycles. The van der Waals surface area contributed by atoms with Gasteiger partial charge in [-0.05, 0) is 32.1 Å². The van der Waals surface area contributed by atoms with Gasteiger partial charge in [0.25, 0.3) is 0 Å². The lowest BCUT2D eigenvalue weighted by Gasteiger charge is -2.48. The highest BCUT2D eigenvalue weighted by Crippen LogP contribution is 2.33. The Hall–Kier alpha value is -1.73. The van der Waals surface area contributed by atoms with E-state index in [1.807, 2.05) is 6.08 Å².